The maximum atomic E-state index is 4.81. The Hall–Kier alpha value is -3.26. The highest BCUT2D eigenvalue weighted by Gasteiger charge is 2.14. The first-order chi connectivity index (χ1) is 13.9. The number of pyridine rings is 2. The van der Waals surface area contributed by atoms with Crippen molar-refractivity contribution >= 4 is 32.6 Å². The lowest BCUT2D eigenvalue weighted by Crippen LogP contribution is -2.03. The SMILES string of the molecule is c1cnc2ccc(-c3ccc4c(ccc5c6c(ccc54)CCCC6)c3)nc2c1. The van der Waals surface area contributed by atoms with Crippen molar-refractivity contribution in [3.63, 3.8) is 0 Å². The van der Waals surface area contributed by atoms with Gasteiger partial charge in [0.25, 0.3) is 0 Å². The van der Waals surface area contributed by atoms with Crippen LogP contribution in [0.25, 0.3) is 43.8 Å². The summed E-state index contributed by atoms with van der Waals surface area (Å²) in [6.45, 7) is 0. The third-order valence-electron chi connectivity index (χ3n) is 6.10. The van der Waals surface area contributed by atoms with Gasteiger partial charge in [0.1, 0.15) is 0 Å². The molecule has 6 rings (SSSR count). The molecule has 0 unspecified atom stereocenters. The lowest BCUT2D eigenvalue weighted by Gasteiger charge is -2.19. The van der Waals surface area contributed by atoms with E-state index in [0.717, 1.165) is 22.3 Å². The monoisotopic (exact) mass is 360 g/mol. The van der Waals surface area contributed by atoms with Gasteiger partial charge in [-0.1, -0.05) is 36.4 Å². The molecule has 2 heteroatoms. The Balaban J connectivity index is 1.53. The number of fused-ring (bicyclic) bond motifs is 6. The molecule has 1 aliphatic carbocycles. The van der Waals surface area contributed by atoms with E-state index in [9.17, 15) is 0 Å². The number of benzene rings is 3. The van der Waals surface area contributed by atoms with Gasteiger partial charge in [-0.25, -0.2) is 4.98 Å². The second kappa shape index (κ2) is 6.13. The molecule has 0 radical (unpaired) electrons. The van der Waals surface area contributed by atoms with Gasteiger partial charge in [0.05, 0.1) is 16.7 Å². The summed E-state index contributed by atoms with van der Waals surface area (Å²) in [4.78, 5) is 9.18. The van der Waals surface area contributed by atoms with Crippen LogP contribution in [-0.2, 0) is 12.8 Å². The van der Waals surface area contributed by atoms with E-state index in [2.05, 4.69) is 59.6 Å². The Morgan fingerprint density at radius 1 is 0.679 bits per heavy atom. The van der Waals surface area contributed by atoms with E-state index in [4.69, 9.17) is 4.98 Å². The van der Waals surface area contributed by atoms with Crippen LogP contribution in [0.3, 0.4) is 0 Å². The number of hydrogen-bond donors (Lipinski definition) is 0. The molecular formula is C26H20N2. The molecule has 2 aromatic heterocycles. The summed E-state index contributed by atoms with van der Waals surface area (Å²) in [5.41, 5.74) is 7.12. The summed E-state index contributed by atoms with van der Waals surface area (Å²) in [7, 11) is 0. The van der Waals surface area contributed by atoms with E-state index in [1.807, 2.05) is 18.3 Å². The second-order valence-corrected chi connectivity index (χ2v) is 7.75. The molecule has 5 aromatic rings. The Labute approximate surface area is 163 Å². The van der Waals surface area contributed by atoms with Gasteiger partial charge in [0, 0.05) is 11.8 Å². The van der Waals surface area contributed by atoms with Crippen LogP contribution in [0.4, 0.5) is 0 Å². The number of nitrogens with zero attached hydrogens (tertiary/aromatic N) is 2. The summed E-state index contributed by atoms with van der Waals surface area (Å²) < 4.78 is 0. The largest absolute Gasteiger partial charge is 0.255 e. The minimum atomic E-state index is 0.933. The van der Waals surface area contributed by atoms with Crippen molar-refractivity contribution in [1.29, 1.82) is 0 Å². The summed E-state index contributed by atoms with van der Waals surface area (Å²) in [6, 6.07) is 24.1. The topological polar surface area (TPSA) is 25.8 Å². The van der Waals surface area contributed by atoms with Gasteiger partial charge in [-0.15, -0.1) is 0 Å². The average Bonchev–Trinajstić information content (AvgIpc) is 2.78. The number of rotatable bonds is 1. The zero-order valence-electron chi connectivity index (χ0n) is 15.7. The maximum absolute atomic E-state index is 4.81. The predicted molar refractivity (Wildman–Crippen MR) is 117 cm³/mol. The highest BCUT2D eigenvalue weighted by Crippen LogP contribution is 2.34. The van der Waals surface area contributed by atoms with Crippen LogP contribution in [0.1, 0.15) is 24.0 Å². The highest BCUT2D eigenvalue weighted by atomic mass is 14.8. The molecule has 0 amide bonds. The summed E-state index contributed by atoms with van der Waals surface area (Å²) in [5, 5.41) is 5.42. The lowest BCUT2D eigenvalue weighted by atomic mass is 9.86. The van der Waals surface area contributed by atoms with Crippen molar-refractivity contribution < 1.29 is 0 Å². The Kier molecular flexibility index (Phi) is 3.45. The first-order valence-corrected chi connectivity index (χ1v) is 10.1. The van der Waals surface area contributed by atoms with E-state index < -0.39 is 0 Å². The van der Waals surface area contributed by atoms with Crippen molar-refractivity contribution in [3.05, 3.63) is 84.1 Å². The van der Waals surface area contributed by atoms with Crippen molar-refractivity contribution in [2.75, 3.05) is 0 Å². The van der Waals surface area contributed by atoms with Crippen molar-refractivity contribution in [2.24, 2.45) is 0 Å². The summed E-state index contributed by atoms with van der Waals surface area (Å²) in [6.07, 6.45) is 6.88. The number of aryl methyl sites for hydroxylation is 2. The molecule has 0 N–H and O–H groups in total. The van der Waals surface area contributed by atoms with Crippen LogP contribution in [0.15, 0.2) is 72.9 Å². The van der Waals surface area contributed by atoms with E-state index in [1.165, 1.54) is 47.2 Å². The van der Waals surface area contributed by atoms with Crippen molar-refractivity contribution in [3.8, 4) is 11.3 Å². The molecule has 0 fully saturated rings. The van der Waals surface area contributed by atoms with Crippen LogP contribution in [0, 0.1) is 0 Å². The van der Waals surface area contributed by atoms with E-state index in [-0.39, 0.29) is 0 Å². The normalized spacial score (nSPS) is 13.9. The first kappa shape index (κ1) is 15.8. The van der Waals surface area contributed by atoms with Crippen LogP contribution in [-0.4, -0.2) is 9.97 Å². The zero-order valence-corrected chi connectivity index (χ0v) is 15.7. The molecular weight excluding hydrogens is 340 g/mol. The molecule has 2 nitrogen and oxygen atoms in total. The molecule has 1 aliphatic rings. The fraction of sp³-hybridized carbons (Fsp3) is 0.154. The van der Waals surface area contributed by atoms with Gasteiger partial charge >= 0.3 is 0 Å². The van der Waals surface area contributed by atoms with Crippen LogP contribution in [0.5, 0.6) is 0 Å². The van der Waals surface area contributed by atoms with E-state index in [0.29, 0.717) is 0 Å². The molecule has 0 aliphatic heterocycles. The molecule has 28 heavy (non-hydrogen) atoms. The Morgan fingerprint density at radius 2 is 1.57 bits per heavy atom. The average molecular weight is 360 g/mol. The zero-order chi connectivity index (χ0) is 18.5. The molecule has 134 valence electrons. The van der Waals surface area contributed by atoms with Gasteiger partial charge in [-0.05, 0) is 88.7 Å². The Morgan fingerprint density at radius 3 is 2.57 bits per heavy atom. The van der Waals surface area contributed by atoms with E-state index in [1.54, 1.807) is 11.1 Å². The van der Waals surface area contributed by atoms with Gasteiger partial charge < -0.3 is 0 Å². The molecule has 0 saturated heterocycles. The van der Waals surface area contributed by atoms with Crippen LogP contribution >= 0.6 is 0 Å². The molecule has 3 aromatic carbocycles. The fourth-order valence-electron chi connectivity index (χ4n) is 4.68. The maximum Gasteiger partial charge on any atom is 0.0894 e. The number of aromatic nitrogens is 2. The minimum Gasteiger partial charge on any atom is -0.255 e. The third-order valence-corrected chi connectivity index (χ3v) is 6.10. The van der Waals surface area contributed by atoms with Gasteiger partial charge in [0.15, 0.2) is 0 Å². The predicted octanol–water partition coefficient (Wildman–Crippen LogP) is 6.48. The summed E-state index contributed by atoms with van der Waals surface area (Å²) in [5.74, 6) is 0. The molecule has 0 saturated carbocycles. The van der Waals surface area contributed by atoms with Gasteiger partial charge in [0.2, 0.25) is 0 Å². The Bertz CT molecular complexity index is 1370. The van der Waals surface area contributed by atoms with E-state index >= 15 is 0 Å². The van der Waals surface area contributed by atoms with Gasteiger partial charge in [-0.2, -0.15) is 0 Å². The standard InChI is InChI=1S/C26H20N2/c1-2-5-20-17(4-1)7-11-23-21-10-9-19(16-18(21)8-12-22(20)23)24-13-14-25-26(28-24)6-3-15-27-25/h3,6-16H,1-2,4-5H2. The van der Waals surface area contributed by atoms with Crippen molar-refractivity contribution in [2.45, 2.75) is 25.7 Å². The minimum absolute atomic E-state index is 0.933. The fourth-order valence-corrected chi connectivity index (χ4v) is 4.68. The highest BCUT2D eigenvalue weighted by molar-refractivity contribution is 6.09. The van der Waals surface area contributed by atoms with Gasteiger partial charge in [-0.3, -0.25) is 4.98 Å². The lowest BCUT2D eigenvalue weighted by molar-refractivity contribution is 0.690. The molecule has 0 bridgehead atoms. The second-order valence-electron chi connectivity index (χ2n) is 7.75. The third kappa shape index (κ3) is 2.41. The smallest absolute Gasteiger partial charge is 0.0894 e. The molecule has 0 spiro atoms. The quantitative estimate of drug-likeness (QED) is 0.320. The molecule has 2 heterocycles. The first-order valence-electron chi connectivity index (χ1n) is 10.1. The van der Waals surface area contributed by atoms with Crippen molar-refractivity contribution in [1.82, 2.24) is 9.97 Å². The number of hydrogen-bond acceptors (Lipinski definition) is 2. The van der Waals surface area contributed by atoms with Crippen LogP contribution < -0.4 is 0 Å². The molecule has 0 atom stereocenters. The van der Waals surface area contributed by atoms with Crippen LogP contribution in [0.2, 0.25) is 0 Å². The summed E-state index contributed by atoms with van der Waals surface area (Å²) >= 11 is 0.